The van der Waals surface area contributed by atoms with Gasteiger partial charge in [-0.3, -0.25) is 4.98 Å². The van der Waals surface area contributed by atoms with E-state index in [-0.39, 0.29) is 0 Å². The second kappa shape index (κ2) is 7.33. The Morgan fingerprint density at radius 3 is 3.00 bits per heavy atom. The van der Waals surface area contributed by atoms with Crippen LogP contribution in [0.4, 0.5) is 0 Å². The lowest BCUT2D eigenvalue weighted by atomic mass is 10.2. The Morgan fingerprint density at radius 2 is 2.32 bits per heavy atom. The molecule has 4 nitrogen and oxygen atoms in total. The van der Waals surface area contributed by atoms with Gasteiger partial charge >= 0.3 is 0 Å². The van der Waals surface area contributed by atoms with Gasteiger partial charge in [-0.1, -0.05) is 13.0 Å². The molecule has 2 aromatic heterocycles. The van der Waals surface area contributed by atoms with Crippen molar-refractivity contribution in [2.24, 2.45) is 0 Å². The molecule has 0 fully saturated rings. The van der Waals surface area contributed by atoms with Crippen LogP contribution in [0.5, 0.6) is 0 Å². The van der Waals surface area contributed by atoms with Crippen LogP contribution in [-0.2, 0) is 24.3 Å². The molecular weight excluding hydrogens is 258 g/mol. The summed E-state index contributed by atoms with van der Waals surface area (Å²) >= 11 is 1.75. The molecule has 0 aliphatic rings. The van der Waals surface area contributed by atoms with Crippen LogP contribution in [0.3, 0.4) is 0 Å². The van der Waals surface area contributed by atoms with Gasteiger partial charge in [0.25, 0.3) is 0 Å². The van der Waals surface area contributed by atoms with Gasteiger partial charge in [0.2, 0.25) is 0 Å². The molecule has 102 valence electrons. The summed E-state index contributed by atoms with van der Waals surface area (Å²) in [5.41, 5.74) is 2.24. The van der Waals surface area contributed by atoms with Crippen molar-refractivity contribution in [3.8, 4) is 0 Å². The minimum atomic E-state index is 0.574. The summed E-state index contributed by atoms with van der Waals surface area (Å²) in [5.74, 6) is 0. The van der Waals surface area contributed by atoms with E-state index in [1.807, 2.05) is 12.3 Å². The standard InChI is InChI=1S/C14H19N3OS/c1-3-15-9-13-12(10-18-2)17-14(19-13)7-11-5-4-6-16-8-11/h4-6,8,15H,3,7,9-10H2,1-2H3. The van der Waals surface area contributed by atoms with Gasteiger partial charge in [0, 0.05) is 37.3 Å². The number of aromatic nitrogens is 2. The van der Waals surface area contributed by atoms with E-state index in [0.29, 0.717) is 6.61 Å². The van der Waals surface area contributed by atoms with Crippen molar-refractivity contribution in [3.05, 3.63) is 45.7 Å². The molecule has 0 unspecified atom stereocenters. The van der Waals surface area contributed by atoms with Crippen molar-refractivity contribution < 1.29 is 4.74 Å². The first kappa shape index (κ1) is 14.1. The molecule has 5 heteroatoms. The number of methoxy groups -OCH3 is 1. The second-order valence-corrected chi connectivity index (χ2v) is 5.40. The van der Waals surface area contributed by atoms with Crippen molar-refractivity contribution in [2.45, 2.75) is 26.5 Å². The van der Waals surface area contributed by atoms with Crippen molar-refractivity contribution in [3.63, 3.8) is 0 Å². The third-order valence-corrected chi connectivity index (χ3v) is 3.81. The fraction of sp³-hybridized carbons (Fsp3) is 0.429. The Kier molecular flexibility index (Phi) is 5.44. The molecule has 1 N–H and O–H groups in total. The second-order valence-electron chi connectivity index (χ2n) is 4.23. The first-order valence-corrected chi connectivity index (χ1v) is 7.21. The van der Waals surface area contributed by atoms with Gasteiger partial charge in [-0.15, -0.1) is 11.3 Å². The molecule has 19 heavy (non-hydrogen) atoms. The smallest absolute Gasteiger partial charge is 0.0977 e. The average molecular weight is 277 g/mol. The molecule has 0 saturated carbocycles. The summed E-state index contributed by atoms with van der Waals surface area (Å²) in [6.07, 6.45) is 4.51. The molecule has 0 radical (unpaired) electrons. The fourth-order valence-corrected chi connectivity index (χ4v) is 2.89. The monoisotopic (exact) mass is 277 g/mol. The molecule has 0 spiro atoms. The van der Waals surface area contributed by atoms with Crippen LogP contribution < -0.4 is 5.32 Å². The lowest BCUT2D eigenvalue weighted by molar-refractivity contribution is 0.181. The Bertz CT molecular complexity index is 499. The van der Waals surface area contributed by atoms with Gasteiger partial charge in [-0.25, -0.2) is 4.98 Å². The quantitative estimate of drug-likeness (QED) is 0.844. The fourth-order valence-electron chi connectivity index (χ4n) is 1.82. The van der Waals surface area contributed by atoms with Crippen LogP contribution >= 0.6 is 11.3 Å². The van der Waals surface area contributed by atoms with Crippen LogP contribution in [0.2, 0.25) is 0 Å². The highest BCUT2D eigenvalue weighted by Crippen LogP contribution is 2.21. The third-order valence-electron chi connectivity index (χ3n) is 2.72. The number of nitrogens with zero attached hydrogens (tertiary/aromatic N) is 2. The van der Waals surface area contributed by atoms with Gasteiger partial charge in [0.1, 0.15) is 0 Å². The molecule has 0 amide bonds. The number of ether oxygens (including phenoxy) is 1. The molecule has 0 aliphatic heterocycles. The summed E-state index contributed by atoms with van der Waals surface area (Å²) < 4.78 is 5.22. The van der Waals surface area contributed by atoms with Gasteiger partial charge < -0.3 is 10.1 Å². The van der Waals surface area contributed by atoms with Crippen LogP contribution in [0, 0.1) is 0 Å². The highest BCUT2D eigenvalue weighted by molar-refractivity contribution is 7.11. The molecule has 2 rings (SSSR count). The summed E-state index contributed by atoms with van der Waals surface area (Å²) in [7, 11) is 1.71. The normalized spacial score (nSPS) is 10.8. The Labute approximate surface area is 117 Å². The Balaban J connectivity index is 2.12. The van der Waals surface area contributed by atoms with Crippen LogP contribution in [-0.4, -0.2) is 23.6 Å². The summed E-state index contributed by atoms with van der Waals surface area (Å²) in [6.45, 7) is 4.50. The van der Waals surface area contributed by atoms with E-state index in [0.717, 1.165) is 30.2 Å². The first-order chi connectivity index (χ1) is 9.33. The van der Waals surface area contributed by atoms with Crippen molar-refractivity contribution in [1.82, 2.24) is 15.3 Å². The summed E-state index contributed by atoms with van der Waals surface area (Å²) in [5, 5.41) is 4.46. The van der Waals surface area contributed by atoms with Crippen molar-refractivity contribution in [1.29, 1.82) is 0 Å². The first-order valence-electron chi connectivity index (χ1n) is 6.39. The van der Waals surface area contributed by atoms with Crippen molar-refractivity contribution in [2.75, 3.05) is 13.7 Å². The molecule has 0 atom stereocenters. The number of nitrogens with one attached hydrogen (secondary N) is 1. The molecule has 2 aromatic rings. The molecule has 0 saturated heterocycles. The lowest BCUT2D eigenvalue weighted by Gasteiger charge is -2.00. The molecule has 0 aromatic carbocycles. The SMILES string of the molecule is CCNCc1sc(Cc2cccnc2)nc1COC. The third kappa shape index (κ3) is 4.09. The van der Waals surface area contributed by atoms with E-state index >= 15 is 0 Å². The highest BCUT2D eigenvalue weighted by atomic mass is 32.1. The largest absolute Gasteiger partial charge is 0.378 e. The number of hydrogen-bond donors (Lipinski definition) is 1. The zero-order valence-corrected chi connectivity index (χ0v) is 12.2. The number of pyridine rings is 1. The van der Waals surface area contributed by atoms with Gasteiger partial charge in [0.15, 0.2) is 0 Å². The zero-order valence-electron chi connectivity index (χ0n) is 11.3. The van der Waals surface area contributed by atoms with E-state index in [4.69, 9.17) is 4.74 Å². The Morgan fingerprint density at radius 1 is 1.42 bits per heavy atom. The van der Waals surface area contributed by atoms with Crippen LogP contribution in [0.1, 0.15) is 28.1 Å². The Hall–Kier alpha value is -1.30. The van der Waals surface area contributed by atoms with Crippen LogP contribution in [0.15, 0.2) is 24.5 Å². The highest BCUT2D eigenvalue weighted by Gasteiger charge is 2.11. The minimum absolute atomic E-state index is 0.574. The molecule has 0 aliphatic carbocycles. The average Bonchev–Trinajstić information content (AvgIpc) is 2.80. The minimum Gasteiger partial charge on any atom is -0.378 e. The predicted octanol–water partition coefficient (Wildman–Crippen LogP) is 2.38. The maximum atomic E-state index is 5.22. The van der Waals surface area contributed by atoms with E-state index in [1.165, 1.54) is 10.4 Å². The van der Waals surface area contributed by atoms with E-state index in [9.17, 15) is 0 Å². The molecule has 2 heterocycles. The summed E-state index contributed by atoms with van der Waals surface area (Å²) in [6, 6.07) is 4.03. The van der Waals surface area contributed by atoms with E-state index < -0.39 is 0 Å². The maximum absolute atomic E-state index is 5.22. The number of rotatable bonds is 7. The van der Waals surface area contributed by atoms with E-state index in [2.05, 4.69) is 28.3 Å². The van der Waals surface area contributed by atoms with Crippen LogP contribution in [0.25, 0.3) is 0 Å². The van der Waals surface area contributed by atoms with Gasteiger partial charge in [0.05, 0.1) is 17.3 Å². The molecular formula is C14H19N3OS. The number of hydrogen-bond acceptors (Lipinski definition) is 5. The lowest BCUT2D eigenvalue weighted by Crippen LogP contribution is -2.12. The number of thiazole rings is 1. The van der Waals surface area contributed by atoms with E-state index in [1.54, 1.807) is 24.6 Å². The van der Waals surface area contributed by atoms with Gasteiger partial charge in [-0.05, 0) is 18.2 Å². The topological polar surface area (TPSA) is 47.0 Å². The predicted molar refractivity (Wildman–Crippen MR) is 77.3 cm³/mol. The maximum Gasteiger partial charge on any atom is 0.0977 e. The van der Waals surface area contributed by atoms with Gasteiger partial charge in [-0.2, -0.15) is 0 Å². The summed E-state index contributed by atoms with van der Waals surface area (Å²) in [4.78, 5) is 10.1. The van der Waals surface area contributed by atoms with Crippen molar-refractivity contribution >= 4 is 11.3 Å². The molecule has 0 bridgehead atoms. The zero-order chi connectivity index (χ0) is 13.5.